The molecule has 0 saturated carbocycles. The van der Waals surface area contributed by atoms with Crippen molar-refractivity contribution in [2.75, 3.05) is 0 Å². The number of aliphatic hydroxyl groups is 1. The molecule has 4 nitrogen and oxygen atoms in total. The van der Waals surface area contributed by atoms with Gasteiger partial charge in [0, 0.05) is 5.92 Å². The van der Waals surface area contributed by atoms with E-state index in [2.05, 4.69) is 5.32 Å². The van der Waals surface area contributed by atoms with Crippen LogP contribution < -0.4 is 5.32 Å². The van der Waals surface area contributed by atoms with Crippen LogP contribution in [-0.4, -0.2) is 33.0 Å². The van der Waals surface area contributed by atoms with Gasteiger partial charge in [-0.15, -0.1) is 0 Å². The zero-order valence-corrected chi connectivity index (χ0v) is 9.80. The Hall–Kier alpha value is -0.550. The number of amides is 1. The van der Waals surface area contributed by atoms with E-state index in [1.54, 1.807) is 6.92 Å². The van der Waals surface area contributed by atoms with Gasteiger partial charge >= 0.3 is 0 Å². The molecule has 5 heteroatoms. The van der Waals surface area contributed by atoms with E-state index >= 15 is 0 Å². The maximum absolute atomic E-state index is 11.6. The van der Waals surface area contributed by atoms with Crippen molar-refractivity contribution in [1.82, 2.24) is 5.32 Å². The summed E-state index contributed by atoms with van der Waals surface area (Å²) in [6, 6.07) is -0.195. The van der Waals surface area contributed by atoms with Crippen LogP contribution in [0.15, 0.2) is 0 Å². The van der Waals surface area contributed by atoms with E-state index in [4.69, 9.17) is 0 Å². The summed E-state index contributed by atoms with van der Waals surface area (Å²) in [6.45, 7) is 5.51. The minimum absolute atomic E-state index is 0.00181. The number of β-lactam (4-membered cyclic amide) rings is 1. The van der Waals surface area contributed by atoms with Gasteiger partial charge in [-0.25, -0.2) is 0 Å². The molecule has 15 heavy (non-hydrogen) atoms. The third-order valence-corrected chi connectivity index (χ3v) is 4.91. The summed E-state index contributed by atoms with van der Waals surface area (Å²) >= 11 is 1.01. The lowest BCUT2D eigenvalue weighted by Crippen LogP contribution is -2.75. The summed E-state index contributed by atoms with van der Waals surface area (Å²) in [7, 11) is 0. The molecule has 2 N–H and O–H groups in total. The summed E-state index contributed by atoms with van der Waals surface area (Å²) in [4.78, 5) is 23.2. The van der Waals surface area contributed by atoms with Crippen LogP contribution in [0.3, 0.4) is 0 Å². The fraction of sp³-hybridized carbons (Fsp3) is 0.800. The van der Waals surface area contributed by atoms with Gasteiger partial charge in [-0.05, 0) is 5.92 Å². The van der Waals surface area contributed by atoms with Gasteiger partial charge in [-0.1, -0.05) is 32.5 Å². The molecular formula is C10H15NO3S. The van der Waals surface area contributed by atoms with Gasteiger partial charge < -0.3 is 10.4 Å². The molecule has 0 aliphatic carbocycles. The van der Waals surface area contributed by atoms with Gasteiger partial charge in [0.15, 0.2) is 5.12 Å². The molecule has 2 saturated heterocycles. The zero-order chi connectivity index (χ0) is 11.4. The molecule has 0 aromatic rings. The Kier molecular flexibility index (Phi) is 2.35. The van der Waals surface area contributed by atoms with Gasteiger partial charge in [-0.2, -0.15) is 0 Å². The van der Waals surface area contributed by atoms with E-state index < -0.39 is 10.9 Å². The predicted molar refractivity (Wildman–Crippen MR) is 57.3 cm³/mol. The first-order chi connectivity index (χ1) is 6.91. The number of carbonyl (C=O) groups is 2. The Labute approximate surface area is 92.8 Å². The molecular weight excluding hydrogens is 214 g/mol. The molecule has 84 valence electrons. The van der Waals surface area contributed by atoms with Gasteiger partial charge in [-0.3, -0.25) is 9.59 Å². The Bertz CT molecular complexity index is 331. The second-order valence-electron chi connectivity index (χ2n) is 4.64. The molecule has 2 aliphatic rings. The lowest BCUT2D eigenvalue weighted by atomic mass is 9.75. The van der Waals surface area contributed by atoms with Gasteiger partial charge in [0.2, 0.25) is 5.91 Å². The highest BCUT2D eigenvalue weighted by Crippen LogP contribution is 2.51. The van der Waals surface area contributed by atoms with E-state index in [1.807, 2.05) is 13.8 Å². The number of hydrogen-bond acceptors (Lipinski definition) is 4. The van der Waals surface area contributed by atoms with Crippen molar-refractivity contribution in [2.24, 2.45) is 11.8 Å². The third-order valence-electron chi connectivity index (χ3n) is 3.32. The van der Waals surface area contributed by atoms with Crippen LogP contribution in [-0.2, 0) is 9.59 Å². The van der Waals surface area contributed by atoms with Gasteiger partial charge in [0.05, 0.1) is 12.1 Å². The normalized spacial score (nSPS) is 41.1. The van der Waals surface area contributed by atoms with E-state index in [0.717, 1.165) is 11.8 Å². The highest BCUT2D eigenvalue weighted by Gasteiger charge is 2.68. The SMILES string of the molecule is CC1C(=O)S[C@@]2([C@@H](O)C(C)C)C(=O)NC12. The first kappa shape index (κ1) is 11.0. The van der Waals surface area contributed by atoms with Gasteiger partial charge in [0.1, 0.15) is 4.75 Å². The monoisotopic (exact) mass is 229 g/mol. The maximum Gasteiger partial charge on any atom is 0.241 e. The lowest BCUT2D eigenvalue weighted by molar-refractivity contribution is -0.139. The van der Waals surface area contributed by atoms with E-state index in [1.165, 1.54) is 0 Å². The van der Waals surface area contributed by atoms with Crippen LogP contribution in [0.4, 0.5) is 0 Å². The Morgan fingerprint density at radius 2 is 2.07 bits per heavy atom. The molecule has 2 fully saturated rings. The van der Waals surface area contributed by atoms with E-state index in [9.17, 15) is 14.7 Å². The predicted octanol–water partition coefficient (Wildman–Crippen LogP) is 0.150. The largest absolute Gasteiger partial charge is 0.391 e. The van der Waals surface area contributed by atoms with Crippen LogP contribution in [0, 0.1) is 11.8 Å². The highest BCUT2D eigenvalue weighted by atomic mass is 32.2. The first-order valence-electron chi connectivity index (χ1n) is 5.13. The zero-order valence-electron chi connectivity index (χ0n) is 8.98. The molecule has 2 unspecified atom stereocenters. The molecule has 0 spiro atoms. The second kappa shape index (κ2) is 3.22. The Balaban J connectivity index is 2.33. The van der Waals surface area contributed by atoms with Gasteiger partial charge in [0.25, 0.3) is 0 Å². The summed E-state index contributed by atoms with van der Waals surface area (Å²) in [5, 5.41) is 12.8. The molecule has 0 bridgehead atoms. The van der Waals surface area contributed by atoms with E-state index in [0.29, 0.717) is 0 Å². The molecule has 0 aromatic heterocycles. The van der Waals surface area contributed by atoms with Crippen molar-refractivity contribution in [2.45, 2.75) is 37.7 Å². The molecule has 1 amide bonds. The molecule has 0 aromatic carbocycles. The fourth-order valence-corrected chi connectivity index (χ4v) is 3.89. The number of nitrogens with one attached hydrogen (secondary N) is 1. The topological polar surface area (TPSA) is 66.4 Å². The van der Waals surface area contributed by atoms with Crippen LogP contribution in [0.5, 0.6) is 0 Å². The maximum atomic E-state index is 11.6. The fourth-order valence-electron chi connectivity index (χ4n) is 2.30. The first-order valence-corrected chi connectivity index (χ1v) is 5.94. The van der Waals surface area contributed by atoms with Crippen LogP contribution >= 0.6 is 11.8 Å². The molecule has 4 atom stereocenters. The number of thioether (sulfide) groups is 1. The van der Waals surface area contributed by atoms with Crippen LogP contribution in [0.25, 0.3) is 0 Å². The van der Waals surface area contributed by atoms with Crippen LogP contribution in [0.2, 0.25) is 0 Å². The van der Waals surface area contributed by atoms with Crippen molar-refractivity contribution >= 4 is 22.8 Å². The molecule has 0 radical (unpaired) electrons. The standard InChI is InChI=1S/C10H15NO3S/c1-4(2)7(12)10-6(11-9(10)14)5(3)8(13)15-10/h4-7,12H,1-3H3,(H,11,14)/t5?,6?,7-,10-/m0/s1. The molecule has 2 heterocycles. The van der Waals surface area contributed by atoms with Crippen LogP contribution in [0.1, 0.15) is 20.8 Å². The van der Waals surface area contributed by atoms with Crippen molar-refractivity contribution in [3.05, 3.63) is 0 Å². The average molecular weight is 229 g/mol. The van der Waals surface area contributed by atoms with Crippen molar-refractivity contribution in [3.8, 4) is 0 Å². The summed E-state index contributed by atoms with van der Waals surface area (Å²) < 4.78 is -0.912. The van der Waals surface area contributed by atoms with E-state index in [-0.39, 0.29) is 28.9 Å². The minimum atomic E-state index is -0.912. The van der Waals surface area contributed by atoms with Crippen molar-refractivity contribution < 1.29 is 14.7 Å². The number of rotatable bonds is 2. The lowest BCUT2D eigenvalue weighted by Gasteiger charge is -2.47. The molecule has 2 rings (SSSR count). The summed E-state index contributed by atoms with van der Waals surface area (Å²) in [5.41, 5.74) is 0. The average Bonchev–Trinajstić information content (AvgIpc) is 2.37. The number of aliphatic hydroxyl groups excluding tert-OH is 1. The Morgan fingerprint density at radius 1 is 1.47 bits per heavy atom. The number of carbonyl (C=O) groups excluding carboxylic acids is 2. The smallest absolute Gasteiger partial charge is 0.241 e. The second-order valence-corrected chi connectivity index (χ2v) is 5.92. The summed E-state index contributed by atoms with van der Waals surface area (Å²) in [5.74, 6) is -0.415. The minimum Gasteiger partial charge on any atom is -0.391 e. The number of hydrogen-bond donors (Lipinski definition) is 2. The quantitative estimate of drug-likeness (QED) is 0.661. The highest BCUT2D eigenvalue weighted by molar-refractivity contribution is 8.16. The third kappa shape index (κ3) is 1.19. The van der Waals surface area contributed by atoms with Crippen molar-refractivity contribution in [3.63, 3.8) is 0 Å². The summed E-state index contributed by atoms with van der Waals surface area (Å²) in [6.07, 6.45) is -0.754. The Morgan fingerprint density at radius 3 is 2.47 bits per heavy atom. The number of fused-ring (bicyclic) bond motifs is 1. The molecule has 2 aliphatic heterocycles. The van der Waals surface area contributed by atoms with Crippen molar-refractivity contribution in [1.29, 1.82) is 0 Å².